The topological polar surface area (TPSA) is 58.6 Å². The number of amidine groups is 1. The lowest BCUT2D eigenvalue weighted by atomic mass is 10.2. The van der Waals surface area contributed by atoms with Crippen molar-refractivity contribution in [2.24, 2.45) is 10.9 Å². The summed E-state index contributed by atoms with van der Waals surface area (Å²) in [5.74, 6) is 0.286. The molecule has 1 rings (SSSR count). The zero-order chi connectivity index (χ0) is 12.1. The second-order valence-corrected chi connectivity index (χ2v) is 5.05. The molecule has 0 aliphatic carbocycles. The Morgan fingerprint density at radius 3 is 2.75 bits per heavy atom. The first-order valence-electron chi connectivity index (χ1n) is 5.29. The van der Waals surface area contributed by atoms with Gasteiger partial charge in [-0.05, 0) is 31.9 Å². The number of oxime groups is 1. The fraction of sp³-hybridized carbons (Fsp3) is 0.417. The minimum Gasteiger partial charge on any atom is -0.409 e. The highest BCUT2D eigenvalue weighted by atomic mass is 32.2. The van der Waals surface area contributed by atoms with E-state index in [0.29, 0.717) is 0 Å². The van der Waals surface area contributed by atoms with Crippen molar-refractivity contribution in [3.8, 4) is 0 Å². The minimum absolute atomic E-state index is 0.0329. The van der Waals surface area contributed by atoms with Crippen LogP contribution in [0.2, 0.25) is 0 Å². The Morgan fingerprint density at radius 2 is 2.19 bits per heavy atom. The van der Waals surface area contributed by atoms with Crippen LogP contribution in [0.1, 0.15) is 24.5 Å². The molecule has 0 heterocycles. The SMILES string of the molecule is CCC(Sc1cc(C)ccc1C)C(N)=NO. The van der Waals surface area contributed by atoms with E-state index < -0.39 is 0 Å². The molecular formula is C12H18N2OS. The first-order valence-corrected chi connectivity index (χ1v) is 6.17. The maximum atomic E-state index is 8.69. The van der Waals surface area contributed by atoms with Crippen molar-refractivity contribution in [2.45, 2.75) is 37.3 Å². The standard InChI is InChI=1S/C12H18N2OS/c1-4-10(12(13)14-15)16-11-7-8(2)5-6-9(11)3/h5-7,10,15H,4H2,1-3H3,(H2,13,14). The first-order chi connectivity index (χ1) is 7.58. The third-order valence-corrected chi connectivity index (χ3v) is 3.98. The molecule has 3 N–H and O–H groups in total. The van der Waals surface area contributed by atoms with Crippen LogP contribution in [0.15, 0.2) is 28.3 Å². The van der Waals surface area contributed by atoms with E-state index in [0.717, 1.165) is 6.42 Å². The molecule has 1 aromatic carbocycles. The van der Waals surface area contributed by atoms with Crippen LogP contribution < -0.4 is 5.73 Å². The maximum Gasteiger partial charge on any atom is 0.152 e. The molecule has 0 amide bonds. The van der Waals surface area contributed by atoms with Gasteiger partial charge >= 0.3 is 0 Å². The van der Waals surface area contributed by atoms with Crippen LogP contribution >= 0.6 is 11.8 Å². The molecular weight excluding hydrogens is 220 g/mol. The number of nitrogens with two attached hydrogens (primary N) is 1. The summed E-state index contributed by atoms with van der Waals surface area (Å²) >= 11 is 1.65. The third-order valence-electron chi connectivity index (χ3n) is 2.43. The number of nitrogens with zero attached hydrogens (tertiary/aromatic N) is 1. The van der Waals surface area contributed by atoms with Gasteiger partial charge < -0.3 is 10.9 Å². The van der Waals surface area contributed by atoms with Crippen LogP contribution in [-0.2, 0) is 0 Å². The molecule has 0 spiro atoms. The third kappa shape index (κ3) is 3.17. The van der Waals surface area contributed by atoms with Crippen molar-refractivity contribution in [1.29, 1.82) is 0 Å². The number of hydrogen-bond donors (Lipinski definition) is 2. The summed E-state index contributed by atoms with van der Waals surface area (Å²) in [5.41, 5.74) is 8.09. The van der Waals surface area contributed by atoms with Crippen LogP contribution in [0.3, 0.4) is 0 Å². The van der Waals surface area contributed by atoms with Gasteiger partial charge in [0.15, 0.2) is 5.84 Å². The summed E-state index contributed by atoms with van der Waals surface area (Å²) < 4.78 is 0. The molecule has 16 heavy (non-hydrogen) atoms. The predicted octanol–water partition coefficient (Wildman–Crippen LogP) is 2.92. The van der Waals surface area contributed by atoms with Crippen LogP contribution in [0, 0.1) is 13.8 Å². The van der Waals surface area contributed by atoms with Crippen LogP contribution in [-0.4, -0.2) is 16.3 Å². The van der Waals surface area contributed by atoms with E-state index in [1.54, 1.807) is 11.8 Å². The van der Waals surface area contributed by atoms with Gasteiger partial charge in [-0.2, -0.15) is 0 Å². The minimum atomic E-state index is 0.0329. The Bertz CT molecular complexity index is 391. The second kappa shape index (κ2) is 5.80. The van der Waals surface area contributed by atoms with Crippen LogP contribution in [0.25, 0.3) is 0 Å². The van der Waals surface area contributed by atoms with Gasteiger partial charge in [-0.3, -0.25) is 0 Å². The predicted molar refractivity (Wildman–Crippen MR) is 69.3 cm³/mol. The number of benzene rings is 1. The van der Waals surface area contributed by atoms with Gasteiger partial charge in [-0.25, -0.2) is 0 Å². The molecule has 0 aromatic heterocycles. The lowest BCUT2D eigenvalue weighted by Crippen LogP contribution is -2.25. The molecule has 1 aromatic rings. The molecule has 4 heteroatoms. The molecule has 0 aliphatic rings. The van der Waals surface area contributed by atoms with Crippen molar-refractivity contribution in [3.63, 3.8) is 0 Å². The largest absolute Gasteiger partial charge is 0.409 e. The Balaban J connectivity index is 2.89. The highest BCUT2D eigenvalue weighted by Gasteiger charge is 2.14. The molecule has 1 atom stereocenters. The van der Waals surface area contributed by atoms with Gasteiger partial charge in [0.2, 0.25) is 0 Å². The Morgan fingerprint density at radius 1 is 1.50 bits per heavy atom. The summed E-state index contributed by atoms with van der Waals surface area (Å²) in [6.45, 7) is 6.16. The highest BCUT2D eigenvalue weighted by molar-refractivity contribution is 8.00. The van der Waals surface area contributed by atoms with E-state index in [9.17, 15) is 0 Å². The van der Waals surface area contributed by atoms with E-state index in [1.165, 1.54) is 16.0 Å². The van der Waals surface area contributed by atoms with E-state index in [4.69, 9.17) is 10.9 Å². The van der Waals surface area contributed by atoms with Gasteiger partial charge in [0.1, 0.15) is 0 Å². The second-order valence-electron chi connectivity index (χ2n) is 3.81. The van der Waals surface area contributed by atoms with Crippen molar-refractivity contribution in [1.82, 2.24) is 0 Å². The van der Waals surface area contributed by atoms with Gasteiger partial charge in [0.25, 0.3) is 0 Å². The molecule has 0 radical (unpaired) electrons. The lowest BCUT2D eigenvalue weighted by Gasteiger charge is -2.14. The molecule has 0 aliphatic heterocycles. The first kappa shape index (κ1) is 12.9. The van der Waals surface area contributed by atoms with Crippen molar-refractivity contribution in [2.75, 3.05) is 0 Å². The van der Waals surface area contributed by atoms with E-state index in [2.05, 4.69) is 37.2 Å². The summed E-state index contributed by atoms with van der Waals surface area (Å²) in [6, 6.07) is 6.31. The summed E-state index contributed by atoms with van der Waals surface area (Å²) in [4.78, 5) is 1.19. The normalized spacial score (nSPS) is 13.8. The van der Waals surface area contributed by atoms with Gasteiger partial charge in [0.05, 0.1) is 5.25 Å². The molecule has 0 bridgehead atoms. The van der Waals surface area contributed by atoms with Crippen molar-refractivity contribution >= 4 is 17.6 Å². The zero-order valence-electron chi connectivity index (χ0n) is 9.90. The summed E-state index contributed by atoms with van der Waals surface area (Å²) in [7, 11) is 0. The highest BCUT2D eigenvalue weighted by Crippen LogP contribution is 2.29. The number of rotatable bonds is 4. The van der Waals surface area contributed by atoms with Crippen molar-refractivity contribution in [3.05, 3.63) is 29.3 Å². The Labute approximate surface area is 101 Å². The zero-order valence-corrected chi connectivity index (χ0v) is 10.7. The van der Waals surface area contributed by atoms with Gasteiger partial charge in [0, 0.05) is 4.90 Å². The van der Waals surface area contributed by atoms with E-state index in [1.807, 2.05) is 6.92 Å². The summed E-state index contributed by atoms with van der Waals surface area (Å²) in [6.07, 6.45) is 0.841. The van der Waals surface area contributed by atoms with Crippen LogP contribution in [0.5, 0.6) is 0 Å². The molecule has 0 saturated heterocycles. The van der Waals surface area contributed by atoms with E-state index in [-0.39, 0.29) is 11.1 Å². The Kier molecular flexibility index (Phi) is 4.68. The molecule has 3 nitrogen and oxygen atoms in total. The quantitative estimate of drug-likeness (QED) is 0.279. The summed E-state index contributed by atoms with van der Waals surface area (Å²) in [5, 5.41) is 11.8. The number of aryl methyl sites for hydroxylation is 2. The van der Waals surface area contributed by atoms with E-state index >= 15 is 0 Å². The smallest absolute Gasteiger partial charge is 0.152 e. The fourth-order valence-electron chi connectivity index (χ4n) is 1.40. The van der Waals surface area contributed by atoms with Crippen LogP contribution in [0.4, 0.5) is 0 Å². The fourth-order valence-corrected chi connectivity index (χ4v) is 2.55. The lowest BCUT2D eigenvalue weighted by molar-refractivity contribution is 0.317. The molecule has 0 saturated carbocycles. The molecule has 1 unspecified atom stereocenters. The number of thioether (sulfide) groups is 1. The average Bonchev–Trinajstić information content (AvgIpc) is 2.29. The average molecular weight is 238 g/mol. The molecule has 0 fully saturated rings. The molecule has 88 valence electrons. The van der Waals surface area contributed by atoms with Crippen molar-refractivity contribution < 1.29 is 5.21 Å². The number of hydrogen-bond acceptors (Lipinski definition) is 3. The van der Waals surface area contributed by atoms with Gasteiger partial charge in [-0.15, -0.1) is 11.8 Å². The monoisotopic (exact) mass is 238 g/mol. The van der Waals surface area contributed by atoms with Gasteiger partial charge in [-0.1, -0.05) is 29.8 Å². The maximum absolute atomic E-state index is 8.69. The Hall–Kier alpha value is -1.16.